The predicted octanol–water partition coefficient (Wildman–Crippen LogP) is 5.45. The fraction of sp³-hybridized carbons (Fsp3) is 0.148. The number of allylic oxidation sites excluding steroid dienone is 1. The highest BCUT2D eigenvalue weighted by atomic mass is 35.5. The molecule has 1 aliphatic heterocycles. The number of hydrogen-bond donors (Lipinski definition) is 2. The molecular weight excluding hydrogens is 478 g/mol. The minimum absolute atomic E-state index is 0.269. The van der Waals surface area contributed by atoms with Crippen LogP contribution in [0.15, 0.2) is 90.4 Å². The van der Waals surface area contributed by atoms with Gasteiger partial charge in [-0.3, -0.25) is 4.79 Å². The number of carbonyl (C=O) groups is 1. The number of halogens is 1. The second-order valence-corrected chi connectivity index (χ2v) is 8.61. The molecule has 0 radical (unpaired) electrons. The van der Waals surface area contributed by atoms with Crippen molar-refractivity contribution in [2.75, 3.05) is 17.7 Å². The van der Waals surface area contributed by atoms with Crippen LogP contribution in [0, 0.1) is 0 Å². The first-order valence-corrected chi connectivity index (χ1v) is 11.7. The first-order valence-electron chi connectivity index (χ1n) is 11.3. The molecule has 0 saturated heterocycles. The van der Waals surface area contributed by atoms with E-state index in [1.807, 2.05) is 67.6 Å². The molecule has 0 bridgehead atoms. The van der Waals surface area contributed by atoms with Gasteiger partial charge in [0.25, 0.3) is 5.91 Å². The van der Waals surface area contributed by atoms with Crippen LogP contribution in [0.2, 0.25) is 5.02 Å². The number of carbonyl (C=O) groups excluding carboxylic acids is 1. The molecule has 1 atom stereocenters. The largest absolute Gasteiger partial charge is 0.495 e. The Morgan fingerprint density at radius 2 is 1.83 bits per heavy atom. The number of fused-ring (bicyclic) bond motifs is 1. The first-order chi connectivity index (χ1) is 17.5. The van der Waals surface area contributed by atoms with Crippen molar-refractivity contribution in [2.24, 2.45) is 0 Å². The van der Waals surface area contributed by atoms with Crippen LogP contribution in [-0.4, -0.2) is 27.8 Å². The third-order valence-corrected chi connectivity index (χ3v) is 6.31. The average molecular weight is 502 g/mol. The molecule has 1 aliphatic rings. The summed E-state index contributed by atoms with van der Waals surface area (Å²) in [5, 5.41) is 11.2. The summed E-state index contributed by atoms with van der Waals surface area (Å²) in [7, 11) is 1.57. The number of benzene rings is 3. The summed E-state index contributed by atoms with van der Waals surface area (Å²) in [4.78, 5) is 17.9. The van der Waals surface area contributed by atoms with E-state index < -0.39 is 6.04 Å². The van der Waals surface area contributed by atoms with Gasteiger partial charge >= 0.3 is 0 Å². The first kappa shape index (κ1) is 23.4. The topological polar surface area (TPSA) is 90.3 Å². The maximum Gasteiger partial charge on any atom is 0.255 e. The molecule has 0 spiro atoms. The van der Waals surface area contributed by atoms with E-state index in [1.54, 1.807) is 23.9 Å². The van der Waals surface area contributed by atoms with Crippen molar-refractivity contribution < 1.29 is 14.3 Å². The maximum absolute atomic E-state index is 13.6. The molecule has 2 N–H and O–H groups in total. The van der Waals surface area contributed by atoms with Gasteiger partial charge < -0.3 is 20.1 Å². The van der Waals surface area contributed by atoms with Gasteiger partial charge in [0, 0.05) is 16.3 Å². The summed E-state index contributed by atoms with van der Waals surface area (Å²) in [5.74, 6) is 1.55. The second kappa shape index (κ2) is 10.1. The zero-order valence-corrected chi connectivity index (χ0v) is 20.5. The quantitative estimate of drug-likeness (QED) is 0.350. The molecule has 9 heteroatoms. The molecule has 5 rings (SSSR count). The zero-order valence-electron chi connectivity index (χ0n) is 19.7. The van der Waals surface area contributed by atoms with Gasteiger partial charge in [-0.15, -0.1) is 0 Å². The molecule has 8 nitrogen and oxygen atoms in total. The third kappa shape index (κ3) is 4.63. The van der Waals surface area contributed by atoms with Crippen LogP contribution in [0.25, 0.3) is 0 Å². The summed E-state index contributed by atoms with van der Waals surface area (Å²) < 4.78 is 13.0. The van der Waals surface area contributed by atoms with Gasteiger partial charge in [0.1, 0.15) is 30.5 Å². The van der Waals surface area contributed by atoms with E-state index >= 15 is 0 Å². The van der Waals surface area contributed by atoms with Gasteiger partial charge in [-0.2, -0.15) is 10.1 Å². The summed E-state index contributed by atoms with van der Waals surface area (Å²) in [5.41, 5.74) is 3.55. The lowest BCUT2D eigenvalue weighted by atomic mass is 9.95. The van der Waals surface area contributed by atoms with Crippen molar-refractivity contribution in [1.82, 2.24) is 14.8 Å². The number of methoxy groups -OCH3 is 1. The van der Waals surface area contributed by atoms with Crippen LogP contribution < -0.4 is 20.1 Å². The highest BCUT2D eigenvalue weighted by Crippen LogP contribution is 2.36. The van der Waals surface area contributed by atoms with Gasteiger partial charge in [0.05, 0.1) is 18.4 Å². The number of amides is 1. The van der Waals surface area contributed by atoms with Crippen LogP contribution in [0.5, 0.6) is 11.5 Å². The number of aromatic nitrogens is 3. The maximum atomic E-state index is 13.6. The molecule has 3 aromatic carbocycles. The van der Waals surface area contributed by atoms with Gasteiger partial charge in [-0.25, -0.2) is 4.68 Å². The van der Waals surface area contributed by atoms with Crippen molar-refractivity contribution in [2.45, 2.75) is 19.6 Å². The molecule has 0 saturated carbocycles. The summed E-state index contributed by atoms with van der Waals surface area (Å²) >= 11 is 6.24. The van der Waals surface area contributed by atoms with Crippen LogP contribution in [0.4, 0.5) is 11.6 Å². The van der Waals surface area contributed by atoms with Crippen LogP contribution in [-0.2, 0) is 11.4 Å². The van der Waals surface area contributed by atoms with Crippen molar-refractivity contribution in [1.29, 1.82) is 0 Å². The third-order valence-electron chi connectivity index (χ3n) is 5.94. The van der Waals surface area contributed by atoms with E-state index in [0.717, 1.165) is 11.1 Å². The lowest BCUT2D eigenvalue weighted by molar-refractivity contribution is -0.113. The lowest BCUT2D eigenvalue weighted by Crippen LogP contribution is -2.31. The number of nitrogens with zero attached hydrogens (tertiary/aromatic N) is 3. The molecule has 4 aromatic rings. The molecule has 1 unspecified atom stereocenters. The molecule has 1 aromatic heterocycles. The molecule has 0 aliphatic carbocycles. The SMILES string of the molecule is COc1ccccc1NC(=O)C1=C(C)Nc2ncnn2C1c1ccc(OCc2ccccc2Cl)cc1. The molecule has 2 heterocycles. The van der Waals surface area contributed by atoms with Gasteiger partial charge in [0.2, 0.25) is 5.95 Å². The highest BCUT2D eigenvalue weighted by Gasteiger charge is 2.33. The number of rotatable bonds is 7. The fourth-order valence-electron chi connectivity index (χ4n) is 4.15. The van der Waals surface area contributed by atoms with Crippen molar-refractivity contribution in [3.63, 3.8) is 0 Å². The van der Waals surface area contributed by atoms with Crippen LogP contribution >= 0.6 is 11.6 Å². The van der Waals surface area contributed by atoms with E-state index in [0.29, 0.717) is 46.0 Å². The Labute approximate surface area is 213 Å². The van der Waals surface area contributed by atoms with Gasteiger partial charge in [-0.1, -0.05) is 54.1 Å². The molecule has 36 heavy (non-hydrogen) atoms. The van der Waals surface area contributed by atoms with Gasteiger partial charge in [-0.05, 0) is 42.8 Å². The summed E-state index contributed by atoms with van der Waals surface area (Å²) in [6, 6.07) is 22.0. The molecule has 1 amide bonds. The second-order valence-electron chi connectivity index (χ2n) is 8.20. The van der Waals surface area contributed by atoms with Crippen molar-refractivity contribution in [3.8, 4) is 11.5 Å². The Morgan fingerprint density at radius 3 is 2.61 bits per heavy atom. The average Bonchev–Trinajstić information content (AvgIpc) is 3.36. The number of hydrogen-bond acceptors (Lipinski definition) is 6. The fourth-order valence-corrected chi connectivity index (χ4v) is 4.34. The number of ether oxygens (including phenoxy) is 2. The molecule has 182 valence electrons. The minimum Gasteiger partial charge on any atom is -0.495 e. The Kier molecular flexibility index (Phi) is 6.60. The Hall–Kier alpha value is -4.30. The van der Waals surface area contributed by atoms with E-state index in [9.17, 15) is 4.79 Å². The molecule has 0 fully saturated rings. The Balaban J connectivity index is 1.42. The molecular formula is C27H24ClN5O3. The van der Waals surface area contributed by atoms with Gasteiger partial charge in [0.15, 0.2) is 0 Å². The monoisotopic (exact) mass is 501 g/mol. The number of nitrogens with one attached hydrogen (secondary N) is 2. The zero-order chi connectivity index (χ0) is 25.1. The summed E-state index contributed by atoms with van der Waals surface area (Å²) in [6.07, 6.45) is 1.46. The van der Waals surface area contributed by atoms with E-state index in [2.05, 4.69) is 20.7 Å². The van der Waals surface area contributed by atoms with E-state index in [4.69, 9.17) is 21.1 Å². The standard InChI is InChI=1S/C27H24ClN5O3/c1-17-24(26(34)32-22-9-5-6-10-23(22)35-2)25(33-27(31-17)29-16-30-33)18-11-13-20(14-12-18)36-15-19-7-3-4-8-21(19)28/h3-14,16,25H,15H2,1-2H3,(H,32,34)(H,29,30,31). The number of para-hydroxylation sites is 2. The normalized spacial score (nSPS) is 14.6. The Bertz CT molecular complexity index is 1430. The van der Waals surface area contributed by atoms with Crippen molar-refractivity contribution >= 4 is 29.1 Å². The van der Waals surface area contributed by atoms with E-state index in [-0.39, 0.29) is 5.91 Å². The minimum atomic E-state index is -0.490. The summed E-state index contributed by atoms with van der Waals surface area (Å²) in [6.45, 7) is 2.20. The van der Waals surface area contributed by atoms with Crippen LogP contribution in [0.3, 0.4) is 0 Å². The number of anilines is 2. The van der Waals surface area contributed by atoms with Crippen LogP contribution in [0.1, 0.15) is 24.1 Å². The van der Waals surface area contributed by atoms with Crippen molar-refractivity contribution in [3.05, 3.63) is 107 Å². The lowest BCUT2D eigenvalue weighted by Gasteiger charge is -2.29. The van der Waals surface area contributed by atoms with E-state index in [1.165, 1.54) is 6.33 Å². The smallest absolute Gasteiger partial charge is 0.255 e. The predicted molar refractivity (Wildman–Crippen MR) is 138 cm³/mol. The Morgan fingerprint density at radius 1 is 1.08 bits per heavy atom. The highest BCUT2D eigenvalue weighted by molar-refractivity contribution is 6.31.